The molecular formula is C13H20N2O5S. The van der Waals surface area contributed by atoms with E-state index in [9.17, 15) is 18.3 Å². The Hall–Kier alpha value is -1.67. The van der Waals surface area contributed by atoms with E-state index in [4.69, 9.17) is 5.11 Å². The number of carboxylic acid groups (broad SMARTS) is 1. The first-order valence-electron chi connectivity index (χ1n) is 6.28. The van der Waals surface area contributed by atoms with Crippen LogP contribution in [-0.2, 0) is 14.6 Å². The molecule has 1 atom stereocenters. The zero-order valence-corrected chi connectivity index (χ0v) is 13.2. The van der Waals surface area contributed by atoms with E-state index in [0.29, 0.717) is 5.69 Å². The molecule has 0 aliphatic rings. The van der Waals surface area contributed by atoms with Crippen molar-refractivity contribution in [2.24, 2.45) is 0 Å². The molecule has 0 bridgehead atoms. The average Bonchev–Trinajstić information content (AvgIpc) is 2.35. The summed E-state index contributed by atoms with van der Waals surface area (Å²) in [6, 6.07) is 2.82. The lowest BCUT2D eigenvalue weighted by molar-refractivity contribution is -0.155. The normalized spacial score (nSPS) is 15.3. The van der Waals surface area contributed by atoms with E-state index in [-0.39, 0.29) is 11.6 Å². The van der Waals surface area contributed by atoms with E-state index in [0.717, 1.165) is 6.92 Å². The molecule has 0 spiro atoms. The standard InChI is InChI=1S/C13H20N2O5S/c1-12(2,3)21(19,20)10-6-5-9(7-14-10)15-8-13(4,18)11(16)17/h5-7,15,18H,8H2,1-4H3,(H,16,17). The number of sulfone groups is 1. The fraction of sp³-hybridized carbons (Fsp3) is 0.538. The van der Waals surface area contributed by atoms with Gasteiger partial charge in [0.2, 0.25) is 0 Å². The van der Waals surface area contributed by atoms with Crippen LogP contribution in [0.1, 0.15) is 27.7 Å². The molecule has 21 heavy (non-hydrogen) atoms. The van der Waals surface area contributed by atoms with Crippen molar-refractivity contribution in [3.8, 4) is 0 Å². The van der Waals surface area contributed by atoms with Crippen LogP contribution in [0.2, 0.25) is 0 Å². The quantitative estimate of drug-likeness (QED) is 0.739. The smallest absolute Gasteiger partial charge is 0.337 e. The number of aromatic nitrogens is 1. The minimum absolute atomic E-state index is 0.0504. The molecule has 7 nitrogen and oxygen atoms in total. The Kier molecular flexibility index (Phi) is 4.64. The number of carboxylic acids is 1. The Labute approximate surface area is 123 Å². The molecule has 3 N–H and O–H groups in total. The molecule has 1 rings (SSSR count). The van der Waals surface area contributed by atoms with E-state index in [1.54, 1.807) is 20.8 Å². The molecule has 0 saturated carbocycles. The van der Waals surface area contributed by atoms with Crippen LogP contribution < -0.4 is 5.32 Å². The van der Waals surface area contributed by atoms with Crippen molar-refractivity contribution in [3.05, 3.63) is 18.3 Å². The summed E-state index contributed by atoms with van der Waals surface area (Å²) in [6.07, 6.45) is 1.29. The third-order valence-electron chi connectivity index (χ3n) is 2.92. The molecule has 0 aliphatic heterocycles. The molecule has 0 radical (unpaired) electrons. The molecule has 8 heteroatoms. The summed E-state index contributed by atoms with van der Waals surface area (Å²) in [7, 11) is -3.53. The topological polar surface area (TPSA) is 117 Å². The number of hydrogen-bond acceptors (Lipinski definition) is 6. The van der Waals surface area contributed by atoms with Crippen LogP contribution in [0.25, 0.3) is 0 Å². The third-order valence-corrected chi connectivity index (χ3v) is 5.32. The predicted octanol–water partition coefficient (Wildman–Crippen LogP) is 0.901. The van der Waals surface area contributed by atoms with Crippen LogP contribution in [0.4, 0.5) is 5.69 Å². The first-order valence-corrected chi connectivity index (χ1v) is 7.76. The number of anilines is 1. The number of rotatable bonds is 5. The van der Waals surface area contributed by atoms with Gasteiger partial charge in [-0.25, -0.2) is 18.2 Å². The highest BCUT2D eigenvalue weighted by Gasteiger charge is 2.32. The number of nitrogens with zero attached hydrogens (tertiary/aromatic N) is 1. The minimum Gasteiger partial charge on any atom is -0.479 e. The van der Waals surface area contributed by atoms with Gasteiger partial charge < -0.3 is 15.5 Å². The van der Waals surface area contributed by atoms with E-state index in [1.165, 1.54) is 18.3 Å². The van der Waals surface area contributed by atoms with Gasteiger partial charge in [-0.15, -0.1) is 0 Å². The van der Waals surface area contributed by atoms with Crippen molar-refractivity contribution in [1.82, 2.24) is 4.98 Å². The Morgan fingerprint density at radius 3 is 2.24 bits per heavy atom. The van der Waals surface area contributed by atoms with Crippen LogP contribution in [-0.4, -0.2) is 46.5 Å². The summed E-state index contributed by atoms with van der Waals surface area (Å²) in [5, 5.41) is 21.0. The number of aliphatic carboxylic acids is 1. The fourth-order valence-corrected chi connectivity index (χ4v) is 2.37. The summed E-state index contributed by atoms with van der Waals surface area (Å²) in [5.41, 5.74) is -1.50. The van der Waals surface area contributed by atoms with Gasteiger partial charge in [0.25, 0.3) is 0 Å². The van der Waals surface area contributed by atoms with E-state index in [1.807, 2.05) is 0 Å². The van der Waals surface area contributed by atoms with Gasteiger partial charge in [0.1, 0.15) is 0 Å². The van der Waals surface area contributed by atoms with Gasteiger partial charge in [-0.05, 0) is 39.8 Å². The van der Waals surface area contributed by atoms with E-state index >= 15 is 0 Å². The Morgan fingerprint density at radius 2 is 1.86 bits per heavy atom. The lowest BCUT2D eigenvalue weighted by Crippen LogP contribution is -2.41. The van der Waals surface area contributed by atoms with Crippen molar-refractivity contribution >= 4 is 21.5 Å². The fourth-order valence-electron chi connectivity index (χ4n) is 1.31. The van der Waals surface area contributed by atoms with Crippen molar-refractivity contribution in [1.29, 1.82) is 0 Å². The highest BCUT2D eigenvalue weighted by atomic mass is 32.2. The second-order valence-electron chi connectivity index (χ2n) is 5.93. The zero-order valence-electron chi connectivity index (χ0n) is 12.4. The van der Waals surface area contributed by atoms with Gasteiger partial charge in [0.05, 0.1) is 23.2 Å². The highest BCUT2D eigenvalue weighted by Crippen LogP contribution is 2.23. The van der Waals surface area contributed by atoms with Crippen molar-refractivity contribution in [2.75, 3.05) is 11.9 Å². The first kappa shape index (κ1) is 17.4. The molecule has 1 heterocycles. The maximum atomic E-state index is 12.2. The highest BCUT2D eigenvalue weighted by molar-refractivity contribution is 7.92. The molecule has 0 saturated heterocycles. The van der Waals surface area contributed by atoms with Gasteiger partial charge in [-0.3, -0.25) is 0 Å². The molecule has 118 valence electrons. The number of carbonyl (C=O) groups is 1. The Morgan fingerprint density at radius 1 is 1.29 bits per heavy atom. The van der Waals surface area contributed by atoms with Gasteiger partial charge in [-0.1, -0.05) is 0 Å². The number of aliphatic hydroxyl groups is 1. The third kappa shape index (κ3) is 3.92. The molecule has 1 aromatic heterocycles. The van der Waals surface area contributed by atoms with Crippen LogP contribution in [0, 0.1) is 0 Å². The van der Waals surface area contributed by atoms with Crippen molar-refractivity contribution < 1.29 is 23.4 Å². The predicted molar refractivity (Wildman–Crippen MR) is 77.9 cm³/mol. The van der Waals surface area contributed by atoms with Gasteiger partial charge >= 0.3 is 5.97 Å². The van der Waals surface area contributed by atoms with Crippen LogP contribution in [0.5, 0.6) is 0 Å². The van der Waals surface area contributed by atoms with Crippen molar-refractivity contribution in [2.45, 2.75) is 43.1 Å². The zero-order chi connectivity index (χ0) is 16.5. The summed E-state index contributed by atoms with van der Waals surface area (Å²) >= 11 is 0. The first-order chi connectivity index (χ1) is 9.38. The summed E-state index contributed by atoms with van der Waals surface area (Å²) in [4.78, 5) is 14.6. The molecule has 0 aromatic carbocycles. The summed E-state index contributed by atoms with van der Waals surface area (Å²) in [5.74, 6) is -1.35. The molecule has 0 aliphatic carbocycles. The number of nitrogens with one attached hydrogen (secondary N) is 1. The summed E-state index contributed by atoms with van der Waals surface area (Å²) in [6.45, 7) is 5.68. The lowest BCUT2D eigenvalue weighted by Gasteiger charge is -2.20. The number of hydrogen-bond donors (Lipinski definition) is 3. The van der Waals surface area contributed by atoms with Crippen LogP contribution in [0.3, 0.4) is 0 Å². The maximum Gasteiger partial charge on any atom is 0.337 e. The summed E-state index contributed by atoms with van der Waals surface area (Å²) < 4.78 is 23.4. The second kappa shape index (κ2) is 5.61. The van der Waals surface area contributed by atoms with Gasteiger partial charge in [-0.2, -0.15) is 0 Å². The van der Waals surface area contributed by atoms with Crippen molar-refractivity contribution in [3.63, 3.8) is 0 Å². The molecule has 1 aromatic rings. The van der Waals surface area contributed by atoms with Gasteiger partial charge in [0.15, 0.2) is 20.5 Å². The van der Waals surface area contributed by atoms with E-state index in [2.05, 4.69) is 10.3 Å². The monoisotopic (exact) mass is 316 g/mol. The van der Waals surface area contributed by atoms with Crippen LogP contribution in [0.15, 0.2) is 23.4 Å². The molecule has 0 fully saturated rings. The second-order valence-corrected chi connectivity index (χ2v) is 8.58. The SMILES string of the molecule is CC(O)(CNc1ccc(S(=O)(=O)C(C)(C)C)nc1)C(=O)O. The molecular weight excluding hydrogens is 296 g/mol. The minimum atomic E-state index is -3.53. The van der Waals surface area contributed by atoms with E-state index < -0.39 is 26.2 Å². The van der Waals surface area contributed by atoms with Gasteiger partial charge in [0, 0.05) is 0 Å². The number of pyridine rings is 1. The molecule has 0 amide bonds. The van der Waals surface area contributed by atoms with Crippen LogP contribution >= 0.6 is 0 Å². The molecule has 1 unspecified atom stereocenters. The lowest BCUT2D eigenvalue weighted by atomic mass is 10.1. The Balaban J connectivity index is 2.88. The average molecular weight is 316 g/mol. The Bertz CT molecular complexity index is 615. The maximum absolute atomic E-state index is 12.2. The largest absolute Gasteiger partial charge is 0.479 e.